The molecule has 0 amide bonds. The number of carbonyl (C=O) groups is 2. The van der Waals surface area contributed by atoms with Gasteiger partial charge in [0.15, 0.2) is 0 Å². The molecule has 1 N–H and O–H groups in total. The number of unbranched alkanes of at least 4 members (excludes halogenated alkanes) is 12. The molecule has 0 aromatic rings. The minimum Gasteiger partial charge on any atom is -0.465 e. The van der Waals surface area contributed by atoms with Gasteiger partial charge >= 0.3 is 11.9 Å². The number of piperidine rings is 1. The lowest BCUT2D eigenvalue weighted by molar-refractivity contribution is -0.155. The van der Waals surface area contributed by atoms with Gasteiger partial charge in [0.05, 0.1) is 0 Å². The standard InChI is InChI=1S/C27H51NO4/c1-3-5-7-9-11-13-15-17-25(29)31-23-27(19-21-28-22-20-27)24-32-26(30)18-16-14-12-10-8-6-4-2/h28H,3-24H2,1-2H3. The Labute approximate surface area is 197 Å². The van der Waals surface area contributed by atoms with Gasteiger partial charge in [0, 0.05) is 18.3 Å². The number of ether oxygens (including phenoxy) is 2. The SMILES string of the molecule is CCCCCCCCCC(=O)OCC1(COC(=O)CCCCCCCCC)CCNCC1. The van der Waals surface area contributed by atoms with Gasteiger partial charge in [0.1, 0.15) is 13.2 Å². The number of rotatable bonds is 20. The smallest absolute Gasteiger partial charge is 0.305 e. The summed E-state index contributed by atoms with van der Waals surface area (Å²) < 4.78 is 11.3. The molecular formula is C27H51NO4. The molecule has 5 nitrogen and oxygen atoms in total. The number of carbonyl (C=O) groups excluding carboxylic acids is 2. The summed E-state index contributed by atoms with van der Waals surface area (Å²) >= 11 is 0. The maximum absolute atomic E-state index is 12.2. The molecule has 1 heterocycles. The van der Waals surface area contributed by atoms with Crippen molar-refractivity contribution in [1.82, 2.24) is 5.32 Å². The van der Waals surface area contributed by atoms with E-state index >= 15 is 0 Å². The van der Waals surface area contributed by atoms with Crippen LogP contribution in [0.25, 0.3) is 0 Å². The van der Waals surface area contributed by atoms with E-state index in [1.807, 2.05) is 0 Å². The van der Waals surface area contributed by atoms with Crippen LogP contribution in [0.3, 0.4) is 0 Å². The molecule has 0 atom stereocenters. The maximum atomic E-state index is 12.2. The van der Waals surface area contributed by atoms with Gasteiger partial charge in [0.2, 0.25) is 0 Å². The van der Waals surface area contributed by atoms with Crippen LogP contribution in [-0.2, 0) is 19.1 Å². The van der Waals surface area contributed by atoms with Crippen molar-refractivity contribution < 1.29 is 19.1 Å². The zero-order valence-corrected chi connectivity index (χ0v) is 21.2. The van der Waals surface area contributed by atoms with E-state index in [1.165, 1.54) is 64.2 Å². The number of esters is 2. The molecule has 0 unspecified atom stereocenters. The molecule has 0 bridgehead atoms. The van der Waals surface area contributed by atoms with Gasteiger partial charge in [-0.25, -0.2) is 0 Å². The topological polar surface area (TPSA) is 64.6 Å². The van der Waals surface area contributed by atoms with Crippen molar-refractivity contribution in [3.63, 3.8) is 0 Å². The first-order valence-corrected chi connectivity index (χ1v) is 13.6. The van der Waals surface area contributed by atoms with Gasteiger partial charge in [0.25, 0.3) is 0 Å². The van der Waals surface area contributed by atoms with Gasteiger partial charge in [-0.2, -0.15) is 0 Å². The summed E-state index contributed by atoms with van der Waals surface area (Å²) in [4.78, 5) is 24.4. The predicted octanol–water partition coefficient (Wildman–Crippen LogP) is 6.72. The Morgan fingerprint density at radius 3 is 1.41 bits per heavy atom. The zero-order chi connectivity index (χ0) is 23.3. The molecule has 1 rings (SSSR count). The van der Waals surface area contributed by atoms with E-state index < -0.39 is 0 Å². The molecule has 0 saturated carbocycles. The van der Waals surface area contributed by atoms with E-state index in [9.17, 15) is 9.59 Å². The summed E-state index contributed by atoms with van der Waals surface area (Å²) in [6.45, 7) is 6.95. The lowest BCUT2D eigenvalue weighted by Crippen LogP contribution is -2.43. The van der Waals surface area contributed by atoms with Gasteiger partial charge in [-0.3, -0.25) is 9.59 Å². The Kier molecular flexibility index (Phi) is 17.5. The summed E-state index contributed by atoms with van der Waals surface area (Å²) in [5, 5.41) is 3.36. The third-order valence-corrected chi connectivity index (χ3v) is 6.71. The van der Waals surface area contributed by atoms with Crippen molar-refractivity contribution >= 4 is 11.9 Å². The Morgan fingerprint density at radius 1 is 0.625 bits per heavy atom. The Hall–Kier alpha value is -1.10. The van der Waals surface area contributed by atoms with Crippen LogP contribution in [0, 0.1) is 5.41 Å². The van der Waals surface area contributed by atoms with E-state index in [-0.39, 0.29) is 17.4 Å². The van der Waals surface area contributed by atoms with E-state index in [0.717, 1.165) is 51.6 Å². The molecule has 32 heavy (non-hydrogen) atoms. The highest BCUT2D eigenvalue weighted by molar-refractivity contribution is 5.69. The van der Waals surface area contributed by atoms with Crippen molar-refractivity contribution in [3.8, 4) is 0 Å². The normalized spacial score (nSPS) is 15.4. The quantitative estimate of drug-likeness (QED) is 0.164. The summed E-state index contributed by atoms with van der Waals surface area (Å²) in [6, 6.07) is 0. The molecule has 188 valence electrons. The van der Waals surface area contributed by atoms with Gasteiger partial charge in [-0.05, 0) is 38.8 Å². The van der Waals surface area contributed by atoms with Crippen LogP contribution in [-0.4, -0.2) is 38.2 Å². The second-order valence-electron chi connectivity index (χ2n) is 9.81. The van der Waals surface area contributed by atoms with Crippen LogP contribution in [0.15, 0.2) is 0 Å². The number of nitrogens with one attached hydrogen (secondary N) is 1. The third kappa shape index (κ3) is 14.9. The number of hydrogen-bond donors (Lipinski definition) is 1. The van der Waals surface area contributed by atoms with Gasteiger partial charge in [-0.15, -0.1) is 0 Å². The average Bonchev–Trinajstić information content (AvgIpc) is 2.81. The fraction of sp³-hybridized carbons (Fsp3) is 0.926. The molecule has 0 aromatic carbocycles. The van der Waals surface area contributed by atoms with Crippen LogP contribution in [0.4, 0.5) is 0 Å². The fourth-order valence-corrected chi connectivity index (χ4v) is 4.35. The molecule has 1 aliphatic heterocycles. The molecule has 1 fully saturated rings. The Bertz CT molecular complexity index is 438. The Morgan fingerprint density at radius 2 is 1.00 bits per heavy atom. The predicted molar refractivity (Wildman–Crippen MR) is 132 cm³/mol. The summed E-state index contributed by atoms with van der Waals surface area (Å²) in [6.07, 6.45) is 19.5. The van der Waals surface area contributed by atoms with Crippen molar-refractivity contribution in [1.29, 1.82) is 0 Å². The second kappa shape index (κ2) is 19.4. The van der Waals surface area contributed by atoms with Crippen molar-refractivity contribution in [2.75, 3.05) is 26.3 Å². The van der Waals surface area contributed by atoms with Gasteiger partial charge < -0.3 is 14.8 Å². The van der Waals surface area contributed by atoms with E-state index in [2.05, 4.69) is 19.2 Å². The first-order valence-electron chi connectivity index (χ1n) is 13.6. The lowest BCUT2D eigenvalue weighted by atomic mass is 9.80. The summed E-state index contributed by atoms with van der Waals surface area (Å²) in [5.41, 5.74) is -0.225. The van der Waals surface area contributed by atoms with Crippen LogP contribution in [0.2, 0.25) is 0 Å². The highest BCUT2D eigenvalue weighted by Crippen LogP contribution is 2.30. The van der Waals surface area contributed by atoms with E-state index in [4.69, 9.17) is 9.47 Å². The van der Waals surface area contributed by atoms with E-state index in [1.54, 1.807) is 0 Å². The minimum absolute atomic E-state index is 0.106. The van der Waals surface area contributed by atoms with Crippen molar-refractivity contribution in [2.45, 2.75) is 129 Å². The first-order chi connectivity index (χ1) is 15.6. The largest absolute Gasteiger partial charge is 0.465 e. The monoisotopic (exact) mass is 453 g/mol. The van der Waals surface area contributed by atoms with E-state index in [0.29, 0.717) is 26.1 Å². The molecule has 0 aliphatic carbocycles. The molecular weight excluding hydrogens is 402 g/mol. The van der Waals surface area contributed by atoms with Crippen molar-refractivity contribution in [3.05, 3.63) is 0 Å². The fourth-order valence-electron chi connectivity index (χ4n) is 4.35. The first kappa shape index (κ1) is 28.9. The summed E-state index contributed by atoms with van der Waals surface area (Å²) in [5.74, 6) is -0.211. The van der Waals surface area contributed by atoms with Crippen LogP contribution < -0.4 is 5.32 Å². The van der Waals surface area contributed by atoms with Crippen LogP contribution in [0.1, 0.15) is 129 Å². The molecule has 0 aromatic heterocycles. The third-order valence-electron chi connectivity index (χ3n) is 6.71. The minimum atomic E-state index is -0.225. The Balaban J connectivity index is 2.21. The molecule has 1 aliphatic rings. The molecule has 0 radical (unpaired) electrons. The van der Waals surface area contributed by atoms with Crippen LogP contribution in [0.5, 0.6) is 0 Å². The summed E-state index contributed by atoms with van der Waals surface area (Å²) in [7, 11) is 0. The average molecular weight is 454 g/mol. The lowest BCUT2D eigenvalue weighted by Gasteiger charge is -2.36. The van der Waals surface area contributed by atoms with Crippen LogP contribution >= 0.6 is 0 Å². The van der Waals surface area contributed by atoms with Crippen molar-refractivity contribution in [2.24, 2.45) is 5.41 Å². The molecule has 1 saturated heterocycles. The molecule has 0 spiro atoms. The zero-order valence-electron chi connectivity index (χ0n) is 21.2. The second-order valence-corrected chi connectivity index (χ2v) is 9.81. The molecule has 5 heteroatoms. The highest BCUT2D eigenvalue weighted by Gasteiger charge is 2.35. The maximum Gasteiger partial charge on any atom is 0.305 e. The van der Waals surface area contributed by atoms with Gasteiger partial charge in [-0.1, -0.05) is 90.9 Å². The number of hydrogen-bond acceptors (Lipinski definition) is 5. The highest BCUT2D eigenvalue weighted by atomic mass is 16.5.